The number of ether oxygens (including phenoxy) is 12. The number of nitrogen functional groups attached to an aromatic ring is 2. The molecular weight excluding hydrogens is 1650 g/mol. The van der Waals surface area contributed by atoms with Gasteiger partial charge in [0.05, 0.1) is 109 Å². The van der Waals surface area contributed by atoms with Crippen LogP contribution in [0.2, 0.25) is 0 Å². The number of methoxy groups -OCH3 is 3. The maximum absolute atomic E-state index is 14.7. The van der Waals surface area contributed by atoms with E-state index in [0.29, 0.717) is 235 Å². The lowest BCUT2D eigenvalue weighted by Gasteiger charge is -2.43. The fourth-order valence-electron chi connectivity index (χ4n) is 17.9. The SMILES string of the molecule is CCOCCOCCOCCC(=O)N1CCc2cc(Cn3nc(-c4ccc5oc(N)nc5c4)c4c(N)ncnc43)ccc2C1.CCOCCOCCOCCN1CCN(C(=O)O[C@@H]2CC[C@@H](C[C@@H](C)[C@@H]3C[C@@H](O)[C@H](C)/C=C(\C)[C@@H](O)[C@@H](OC)C(=O)[C@H](C)C[C@H](C)/C=C/C=C/C=C(\C)[C@@H](OC)C[C@@H]4CC[C@@H](C)[C@@](O)(O4)C(=O)C(=O)N4CCCC[C@H]4C(=O)O3)C[C@H]2OC)CC1. The molecule has 2 bridgehead atoms. The molecule has 0 radical (unpaired) electrons. The summed E-state index contributed by atoms with van der Waals surface area (Å²) < 4.78 is 76.4. The van der Waals surface area contributed by atoms with Crippen molar-refractivity contribution < 1.29 is 105 Å². The van der Waals surface area contributed by atoms with Crippen LogP contribution in [0.4, 0.5) is 16.6 Å². The first-order valence-electron chi connectivity index (χ1n) is 46.0. The number of aromatic nitrogens is 5. The smallest absolute Gasteiger partial charge is 0.410 e. The summed E-state index contributed by atoms with van der Waals surface area (Å²) in [5.41, 5.74) is 20.1. The standard InChI is InChI=1S/C64H105N3O17.C31H36N8O5/c1-12-79-32-33-81-35-34-80-31-30-65-26-28-66(29-27-65)63(74)83-53-24-22-49(39-56(53)77-10)38-45(5)55-41-52(68)44(4)37-47(7)58(70)59(78-11)57(69)46(6)36-42(2)18-14-13-15-19-43(3)54(76-9)40-50-23-21-48(8)64(75,84-50)60(71)61(72)67-25-17-16-20-51(67)62(73)82-55;1-2-41-11-12-43-14-13-42-10-8-26(40)38-9-7-21-15-20(3-4-23(21)18-38)17-39-30-27(29(32)34-19-35-30)28(37-39)22-5-6-25-24(16-22)36-31(33)44-25/h13-15,18-19,37,42,44-46,48-56,58-59,68,70,75H,12,16-17,20-36,38-41H2,1-11H3;3-6,15-16,19H,2,7-14,17-18H2,1H3,(H2,33,36)(H2,32,34,35)/b15-13+,18-14+,43-19+,47-37+;/t42-,44-,45-,46-,48-,49+,50+,51+,52-,53-,54+,55+,56-,58-,59+,64-;/m1./s1. The van der Waals surface area contributed by atoms with Crippen molar-refractivity contribution in [2.24, 2.45) is 35.5 Å². The molecule has 1 saturated carbocycles. The minimum Gasteiger partial charge on any atom is -0.460 e. The molecule has 16 atom stereocenters. The molecule has 3 aromatic heterocycles. The molecule has 33 heteroatoms. The molecule has 5 aromatic rings. The third kappa shape index (κ3) is 28.5. The Balaban J connectivity index is 0.000000322. The Morgan fingerprint density at radius 3 is 2.12 bits per heavy atom. The highest BCUT2D eigenvalue weighted by molar-refractivity contribution is 6.39. The van der Waals surface area contributed by atoms with Gasteiger partial charge in [0.1, 0.15) is 53.8 Å². The van der Waals surface area contributed by atoms with E-state index in [-0.39, 0.29) is 60.9 Å². The second-order valence-corrected chi connectivity index (χ2v) is 34.9. The van der Waals surface area contributed by atoms with Crippen molar-refractivity contribution in [1.29, 1.82) is 0 Å². The number of carbonyl (C=O) groups excluding carboxylic acids is 6. The number of amides is 3. The Labute approximate surface area is 753 Å². The first-order chi connectivity index (χ1) is 61.6. The van der Waals surface area contributed by atoms with Gasteiger partial charge in [-0.05, 0) is 162 Å². The van der Waals surface area contributed by atoms with Crippen LogP contribution in [0.5, 0.6) is 0 Å². The van der Waals surface area contributed by atoms with Crippen LogP contribution in [0.3, 0.4) is 0 Å². The number of rotatable bonds is 30. The van der Waals surface area contributed by atoms with E-state index in [2.05, 4.69) is 38.1 Å². The second-order valence-electron chi connectivity index (χ2n) is 34.9. The number of allylic oxidation sites excluding steroid dienone is 5. The summed E-state index contributed by atoms with van der Waals surface area (Å²) in [5.74, 6) is -7.19. The molecule has 7 N–H and O–H groups in total. The summed E-state index contributed by atoms with van der Waals surface area (Å²) in [6.45, 7) is 28.3. The Hall–Kier alpha value is -8.52. The third-order valence-electron chi connectivity index (χ3n) is 25.6. The van der Waals surface area contributed by atoms with Gasteiger partial charge in [-0.25, -0.2) is 24.2 Å². The summed E-state index contributed by atoms with van der Waals surface area (Å²) in [5, 5.41) is 41.3. The zero-order valence-corrected chi connectivity index (χ0v) is 77.2. The molecule has 2 aromatic carbocycles. The predicted molar refractivity (Wildman–Crippen MR) is 481 cm³/mol. The van der Waals surface area contributed by atoms with Crippen LogP contribution < -0.4 is 11.5 Å². The van der Waals surface area contributed by atoms with E-state index in [4.69, 9.17) is 77.8 Å². The van der Waals surface area contributed by atoms with E-state index in [1.54, 1.807) is 46.0 Å². The van der Waals surface area contributed by atoms with E-state index in [1.807, 2.05) is 99.7 Å². The van der Waals surface area contributed by atoms with E-state index in [9.17, 15) is 44.1 Å². The quantitative estimate of drug-likeness (QED) is 0.0123. The number of oxazole rings is 1. The number of ketones is 2. The number of aliphatic hydroxyl groups excluding tert-OH is 2. The highest BCUT2D eigenvalue weighted by atomic mass is 16.6. The van der Waals surface area contributed by atoms with Crippen LogP contribution in [-0.4, -0.2) is 302 Å². The number of aliphatic hydroxyl groups is 3. The Morgan fingerprint density at radius 1 is 0.703 bits per heavy atom. The highest BCUT2D eigenvalue weighted by Gasteiger charge is 2.53. The van der Waals surface area contributed by atoms with Gasteiger partial charge in [0, 0.05) is 123 Å². The number of anilines is 2. The minimum absolute atomic E-state index is 0.0108. The van der Waals surface area contributed by atoms with E-state index in [1.165, 1.54) is 23.9 Å². The number of nitrogens with zero attached hydrogens (tertiary/aromatic N) is 9. The monoisotopic (exact) mass is 1790 g/mol. The molecule has 33 nitrogen and oxygen atoms in total. The largest absolute Gasteiger partial charge is 0.460 e. The molecule has 1 aliphatic carbocycles. The number of cyclic esters (lactones) is 1. The lowest BCUT2D eigenvalue weighted by Crippen LogP contribution is -2.61. The van der Waals surface area contributed by atoms with Crippen LogP contribution in [0, 0.1) is 35.5 Å². The van der Waals surface area contributed by atoms with Crippen LogP contribution in [0.25, 0.3) is 33.4 Å². The first-order valence-corrected chi connectivity index (χ1v) is 46.0. The Kier molecular flexibility index (Phi) is 40.3. The maximum atomic E-state index is 14.7. The molecule has 0 unspecified atom stereocenters. The number of fused-ring (bicyclic) bond motifs is 6. The van der Waals surface area contributed by atoms with Crippen LogP contribution in [0.15, 0.2) is 94.7 Å². The van der Waals surface area contributed by atoms with Crippen molar-refractivity contribution in [3.8, 4) is 11.3 Å². The summed E-state index contributed by atoms with van der Waals surface area (Å²) >= 11 is 0. The van der Waals surface area contributed by atoms with E-state index in [0.717, 1.165) is 35.2 Å². The van der Waals surface area contributed by atoms with Gasteiger partial charge in [-0.15, -0.1) is 0 Å². The summed E-state index contributed by atoms with van der Waals surface area (Å²) in [4.78, 5) is 104. The predicted octanol–water partition coefficient (Wildman–Crippen LogP) is 10.00. The Bertz CT molecular complexity index is 4510. The number of hydrogen-bond acceptors (Lipinski definition) is 29. The van der Waals surface area contributed by atoms with Crippen LogP contribution >= 0.6 is 0 Å². The normalized spacial score (nSPS) is 28.2. The molecule has 5 aliphatic heterocycles. The third-order valence-corrected chi connectivity index (χ3v) is 25.6. The number of carbonyl (C=O) groups is 6. The zero-order valence-electron chi connectivity index (χ0n) is 77.2. The van der Waals surface area contributed by atoms with Gasteiger partial charge in [-0.2, -0.15) is 10.1 Å². The van der Waals surface area contributed by atoms with E-state index < -0.39 is 96.1 Å². The summed E-state index contributed by atoms with van der Waals surface area (Å²) in [6, 6.07) is 10.9. The molecule has 708 valence electrons. The van der Waals surface area contributed by atoms with Crippen molar-refractivity contribution in [2.75, 3.05) is 158 Å². The average molecular weight is 1790 g/mol. The number of nitrogens with two attached hydrogens (primary N) is 2. The second kappa shape index (κ2) is 50.8. The number of esters is 1. The van der Waals surface area contributed by atoms with Crippen LogP contribution in [0.1, 0.15) is 162 Å². The minimum atomic E-state index is -2.45. The van der Waals surface area contributed by atoms with Crippen molar-refractivity contribution >= 4 is 69.4 Å². The van der Waals surface area contributed by atoms with Crippen molar-refractivity contribution in [3.63, 3.8) is 0 Å². The summed E-state index contributed by atoms with van der Waals surface area (Å²) in [6.07, 6.45) is 12.5. The first kappa shape index (κ1) is 102. The molecule has 6 aliphatic rings. The van der Waals surface area contributed by atoms with Crippen molar-refractivity contribution in [1.82, 2.24) is 44.3 Å². The molecule has 4 fully saturated rings. The lowest BCUT2D eigenvalue weighted by atomic mass is 9.78. The van der Waals surface area contributed by atoms with Gasteiger partial charge >= 0.3 is 12.1 Å². The van der Waals surface area contributed by atoms with Gasteiger partial charge in [-0.3, -0.25) is 24.1 Å². The van der Waals surface area contributed by atoms with Gasteiger partial charge < -0.3 is 103 Å². The maximum Gasteiger partial charge on any atom is 0.410 e. The average Bonchev–Trinajstić information content (AvgIpc) is 1.69. The summed E-state index contributed by atoms with van der Waals surface area (Å²) in [7, 11) is 4.59. The topological polar surface area (TPSA) is 409 Å². The zero-order chi connectivity index (χ0) is 92.0. The van der Waals surface area contributed by atoms with E-state index >= 15 is 0 Å². The fraction of sp³-hybridized carbons (Fsp3) is 0.663. The number of Topliss-reactive ketones (excluding diaryl/α,β-unsaturated/α-hetero) is 2. The number of hydrogen-bond donors (Lipinski definition) is 5. The van der Waals surface area contributed by atoms with Gasteiger partial charge in [-0.1, -0.05) is 89.3 Å². The highest BCUT2D eigenvalue weighted by Crippen LogP contribution is 2.40. The van der Waals surface area contributed by atoms with Crippen LogP contribution in [-0.2, 0) is 100 Å². The fourth-order valence-corrected chi connectivity index (χ4v) is 17.9. The number of piperazine rings is 1. The number of benzene rings is 2. The van der Waals surface area contributed by atoms with Crippen molar-refractivity contribution in [2.45, 2.75) is 226 Å². The molecule has 128 heavy (non-hydrogen) atoms. The van der Waals surface area contributed by atoms with Crippen molar-refractivity contribution in [3.05, 3.63) is 107 Å². The molecular formula is C95H141N11O22. The van der Waals surface area contributed by atoms with Gasteiger partial charge in [0.2, 0.25) is 11.7 Å². The molecule has 3 saturated heterocycles. The van der Waals surface area contributed by atoms with Gasteiger partial charge in [0.15, 0.2) is 17.0 Å². The van der Waals surface area contributed by atoms with Gasteiger partial charge in [0.25, 0.3) is 17.7 Å². The molecule has 3 amide bonds. The molecule has 11 rings (SSSR count). The molecule has 8 heterocycles. The molecule has 0 spiro atoms. The Morgan fingerprint density at radius 2 is 1.41 bits per heavy atom. The lowest BCUT2D eigenvalue weighted by molar-refractivity contribution is -0.265. The number of piperidine rings is 1.